The molecule has 0 bridgehead atoms. The smallest absolute Gasteiger partial charge is 0.222 e. The fourth-order valence-corrected chi connectivity index (χ4v) is 3.19. The number of hydrogen-bond acceptors (Lipinski definition) is 3. The molecule has 0 aromatic heterocycles. The zero-order valence-corrected chi connectivity index (χ0v) is 12.6. The van der Waals surface area contributed by atoms with Gasteiger partial charge in [0.15, 0.2) is 0 Å². The van der Waals surface area contributed by atoms with Gasteiger partial charge in [0.2, 0.25) is 5.91 Å². The summed E-state index contributed by atoms with van der Waals surface area (Å²) < 4.78 is 0. The van der Waals surface area contributed by atoms with Crippen LogP contribution in [0.5, 0.6) is 0 Å². The summed E-state index contributed by atoms with van der Waals surface area (Å²) in [6.45, 7) is 3.29. The molecule has 1 saturated heterocycles. The Balaban J connectivity index is 1.73. The zero-order valence-electron chi connectivity index (χ0n) is 11.7. The number of carbonyl (C=O) groups is 1. The molecule has 1 heterocycles. The second-order valence-corrected chi connectivity index (χ2v) is 6.67. The van der Waals surface area contributed by atoms with E-state index in [-0.39, 0.29) is 5.41 Å². The normalized spacial score (nSPS) is 23.9. The van der Waals surface area contributed by atoms with Crippen LogP contribution in [0.25, 0.3) is 0 Å². The van der Waals surface area contributed by atoms with Crippen molar-refractivity contribution in [3.63, 3.8) is 0 Å². The molecule has 2 fully saturated rings. The van der Waals surface area contributed by atoms with Crippen molar-refractivity contribution in [1.82, 2.24) is 9.80 Å². The van der Waals surface area contributed by atoms with Crippen LogP contribution < -0.4 is 0 Å². The summed E-state index contributed by atoms with van der Waals surface area (Å²) in [6, 6.07) is 0. The van der Waals surface area contributed by atoms with E-state index in [0.717, 1.165) is 12.3 Å². The van der Waals surface area contributed by atoms with E-state index in [0.29, 0.717) is 18.2 Å². The first-order valence-electron chi connectivity index (χ1n) is 7.08. The van der Waals surface area contributed by atoms with Crippen molar-refractivity contribution < 1.29 is 4.79 Å². The molecule has 3 nitrogen and oxygen atoms in total. The second-order valence-electron chi connectivity index (χ2n) is 6.36. The van der Waals surface area contributed by atoms with Crippen molar-refractivity contribution in [2.45, 2.75) is 32.1 Å². The minimum absolute atomic E-state index is 0.251. The number of carbonyl (C=O) groups excluding carboxylic acids is 1. The predicted molar refractivity (Wildman–Crippen MR) is 78.0 cm³/mol. The molecular formula is C14H26N2OS. The molecular weight excluding hydrogens is 244 g/mol. The van der Waals surface area contributed by atoms with Crippen LogP contribution in [0.2, 0.25) is 0 Å². The summed E-state index contributed by atoms with van der Waals surface area (Å²) in [5.41, 5.74) is 0.251. The molecule has 2 aliphatic rings. The van der Waals surface area contributed by atoms with Crippen molar-refractivity contribution in [3.05, 3.63) is 0 Å². The molecule has 1 aliphatic carbocycles. The average Bonchev–Trinajstić information content (AvgIpc) is 3.12. The molecule has 0 aromatic carbocycles. The molecule has 0 radical (unpaired) electrons. The lowest BCUT2D eigenvalue weighted by molar-refractivity contribution is -0.131. The second kappa shape index (κ2) is 5.83. The van der Waals surface area contributed by atoms with Gasteiger partial charge in [-0.05, 0) is 62.9 Å². The minimum Gasteiger partial charge on any atom is -0.345 e. The van der Waals surface area contributed by atoms with E-state index in [4.69, 9.17) is 0 Å². The number of rotatable bonds is 5. The van der Waals surface area contributed by atoms with Crippen LogP contribution in [0, 0.1) is 11.3 Å². The first-order valence-corrected chi connectivity index (χ1v) is 7.71. The molecule has 0 atom stereocenters. The molecule has 0 spiro atoms. The first kappa shape index (κ1) is 14.2. The standard InChI is InChI=1S/C14H26N2OS/c1-15-7-3-12(4-8-15)10-16(2)13(17)9-14(11-18)5-6-14/h12,18H,3-11H2,1-2H3. The van der Waals surface area contributed by atoms with Gasteiger partial charge < -0.3 is 9.80 Å². The molecule has 0 N–H and O–H groups in total. The van der Waals surface area contributed by atoms with Crippen molar-refractivity contribution >= 4 is 18.5 Å². The maximum atomic E-state index is 12.2. The highest BCUT2D eigenvalue weighted by Gasteiger charge is 2.43. The van der Waals surface area contributed by atoms with Crippen LogP contribution in [-0.2, 0) is 4.79 Å². The molecule has 18 heavy (non-hydrogen) atoms. The summed E-state index contributed by atoms with van der Waals surface area (Å²) in [6.07, 6.45) is 5.53. The van der Waals surface area contributed by atoms with Crippen LogP contribution in [0.15, 0.2) is 0 Å². The lowest BCUT2D eigenvalue weighted by Gasteiger charge is -2.32. The highest BCUT2D eigenvalue weighted by molar-refractivity contribution is 7.80. The van der Waals surface area contributed by atoms with E-state index in [1.807, 2.05) is 11.9 Å². The predicted octanol–water partition coefficient (Wildman–Crippen LogP) is 1.89. The van der Waals surface area contributed by atoms with Gasteiger partial charge in [0.25, 0.3) is 0 Å². The molecule has 1 saturated carbocycles. The molecule has 4 heteroatoms. The third-order valence-corrected chi connectivity index (χ3v) is 5.29. The van der Waals surface area contributed by atoms with Gasteiger partial charge >= 0.3 is 0 Å². The Morgan fingerprint density at radius 3 is 2.50 bits per heavy atom. The van der Waals surface area contributed by atoms with Crippen molar-refractivity contribution in [2.75, 3.05) is 39.5 Å². The van der Waals surface area contributed by atoms with Crippen molar-refractivity contribution in [2.24, 2.45) is 11.3 Å². The van der Waals surface area contributed by atoms with Crippen LogP contribution in [-0.4, -0.2) is 55.2 Å². The van der Waals surface area contributed by atoms with Gasteiger partial charge in [0.1, 0.15) is 0 Å². The van der Waals surface area contributed by atoms with Crippen LogP contribution in [0.4, 0.5) is 0 Å². The van der Waals surface area contributed by atoms with Gasteiger partial charge in [-0.3, -0.25) is 4.79 Å². The van der Waals surface area contributed by atoms with E-state index >= 15 is 0 Å². The fourth-order valence-electron chi connectivity index (χ4n) is 2.76. The van der Waals surface area contributed by atoms with Crippen LogP contribution >= 0.6 is 12.6 Å². The Morgan fingerprint density at radius 2 is 2.00 bits per heavy atom. The number of thiol groups is 1. The van der Waals surface area contributed by atoms with E-state index in [9.17, 15) is 4.79 Å². The maximum Gasteiger partial charge on any atom is 0.222 e. The lowest BCUT2D eigenvalue weighted by Crippen LogP contribution is -2.38. The Labute approximate surface area is 116 Å². The monoisotopic (exact) mass is 270 g/mol. The largest absolute Gasteiger partial charge is 0.345 e. The van der Waals surface area contributed by atoms with Gasteiger partial charge in [-0.25, -0.2) is 0 Å². The van der Waals surface area contributed by atoms with Crippen LogP contribution in [0.3, 0.4) is 0 Å². The molecule has 104 valence electrons. The minimum atomic E-state index is 0.251. The van der Waals surface area contributed by atoms with Crippen molar-refractivity contribution in [1.29, 1.82) is 0 Å². The van der Waals surface area contributed by atoms with Gasteiger partial charge in [-0.2, -0.15) is 12.6 Å². The lowest BCUT2D eigenvalue weighted by atomic mass is 9.96. The first-order chi connectivity index (χ1) is 8.54. The van der Waals surface area contributed by atoms with Gasteiger partial charge in [-0.1, -0.05) is 0 Å². The highest BCUT2D eigenvalue weighted by atomic mass is 32.1. The van der Waals surface area contributed by atoms with E-state index in [1.54, 1.807) is 0 Å². The fraction of sp³-hybridized carbons (Fsp3) is 0.929. The molecule has 2 rings (SSSR count). The Morgan fingerprint density at radius 1 is 1.39 bits per heavy atom. The number of likely N-dealkylation sites (tertiary alicyclic amines) is 1. The molecule has 0 aromatic rings. The van der Waals surface area contributed by atoms with Gasteiger partial charge in [-0.15, -0.1) is 0 Å². The van der Waals surface area contributed by atoms with E-state index in [2.05, 4.69) is 24.6 Å². The third kappa shape index (κ3) is 3.64. The molecule has 1 aliphatic heterocycles. The van der Waals surface area contributed by atoms with Crippen molar-refractivity contribution in [3.8, 4) is 0 Å². The zero-order chi connectivity index (χ0) is 13.2. The van der Waals surface area contributed by atoms with Crippen LogP contribution in [0.1, 0.15) is 32.1 Å². The summed E-state index contributed by atoms with van der Waals surface area (Å²) >= 11 is 4.37. The SMILES string of the molecule is CN1CCC(CN(C)C(=O)CC2(CS)CC2)CC1. The molecule has 0 unspecified atom stereocenters. The summed E-state index contributed by atoms with van der Waals surface area (Å²) in [7, 11) is 4.14. The van der Waals surface area contributed by atoms with E-state index < -0.39 is 0 Å². The van der Waals surface area contributed by atoms with Gasteiger partial charge in [0.05, 0.1) is 0 Å². The average molecular weight is 270 g/mol. The quantitative estimate of drug-likeness (QED) is 0.771. The Kier molecular flexibility index (Phi) is 4.59. The highest BCUT2D eigenvalue weighted by Crippen LogP contribution is 2.49. The number of amides is 1. The number of nitrogens with zero attached hydrogens (tertiary/aromatic N) is 2. The maximum absolute atomic E-state index is 12.2. The topological polar surface area (TPSA) is 23.6 Å². The molecule has 1 amide bonds. The van der Waals surface area contributed by atoms with Gasteiger partial charge in [0, 0.05) is 20.0 Å². The third-order valence-electron chi connectivity index (χ3n) is 4.61. The number of hydrogen-bond donors (Lipinski definition) is 1. The number of piperidine rings is 1. The Hall–Kier alpha value is -0.220. The summed E-state index contributed by atoms with van der Waals surface area (Å²) in [5, 5.41) is 0. The Bertz CT molecular complexity index is 296. The summed E-state index contributed by atoms with van der Waals surface area (Å²) in [5.74, 6) is 1.88. The summed E-state index contributed by atoms with van der Waals surface area (Å²) in [4.78, 5) is 16.5. The van der Waals surface area contributed by atoms with E-state index in [1.165, 1.54) is 38.8 Å².